The number of non-ortho nitro benzene ring substituents is 2. The fourth-order valence-electron chi connectivity index (χ4n) is 3.94. The number of rotatable bonds is 3. The van der Waals surface area contributed by atoms with E-state index in [1.165, 1.54) is 30.3 Å². The number of nitro benzene ring substituents is 2. The molecule has 0 aromatic heterocycles. The zero-order valence-corrected chi connectivity index (χ0v) is 15.3. The smallest absolute Gasteiger partial charge is 0.271 e. The van der Waals surface area contributed by atoms with Crippen LogP contribution in [0.25, 0.3) is 0 Å². The number of allylic oxidation sites excluding steroid dienone is 2. The van der Waals surface area contributed by atoms with E-state index in [2.05, 4.69) is 5.32 Å². The quantitative estimate of drug-likeness (QED) is 0.404. The lowest BCUT2D eigenvalue weighted by atomic mass is 9.77. The molecule has 0 unspecified atom stereocenters. The van der Waals surface area contributed by atoms with Crippen molar-refractivity contribution in [3.05, 3.63) is 83.9 Å². The lowest BCUT2D eigenvalue weighted by Gasteiger charge is -2.38. The highest BCUT2D eigenvalue weighted by Gasteiger charge is 2.40. The number of fused-ring (bicyclic) bond motifs is 3. The van der Waals surface area contributed by atoms with E-state index in [0.717, 1.165) is 12.0 Å². The maximum Gasteiger partial charge on any atom is 0.271 e. The predicted molar refractivity (Wildman–Crippen MR) is 103 cm³/mol. The Bertz CT molecular complexity index is 1010. The molecule has 2 aromatic carbocycles. The molecule has 1 heterocycles. The van der Waals surface area contributed by atoms with Crippen molar-refractivity contribution in [1.82, 2.24) is 0 Å². The monoisotopic (exact) mass is 405 g/mol. The largest absolute Gasteiger partial charge is 0.376 e. The van der Waals surface area contributed by atoms with Crippen LogP contribution in [0.1, 0.15) is 29.5 Å². The minimum atomic E-state index is -0.469. The molecule has 0 saturated heterocycles. The van der Waals surface area contributed by atoms with Crippen LogP contribution in [-0.2, 0) is 0 Å². The maximum absolute atomic E-state index is 11.2. The van der Waals surface area contributed by atoms with Crippen LogP contribution >= 0.6 is 23.2 Å². The second kappa shape index (κ2) is 6.51. The number of halogens is 2. The van der Waals surface area contributed by atoms with Gasteiger partial charge in [0, 0.05) is 40.8 Å². The van der Waals surface area contributed by atoms with Gasteiger partial charge in [-0.15, -0.1) is 0 Å². The minimum Gasteiger partial charge on any atom is -0.376 e. The van der Waals surface area contributed by atoms with Gasteiger partial charge >= 0.3 is 0 Å². The number of nitrogens with one attached hydrogen (secondary N) is 1. The van der Waals surface area contributed by atoms with Crippen LogP contribution in [0.4, 0.5) is 17.1 Å². The van der Waals surface area contributed by atoms with Gasteiger partial charge in [0.1, 0.15) is 0 Å². The summed E-state index contributed by atoms with van der Waals surface area (Å²) < 4.78 is 0. The first kappa shape index (κ1) is 17.8. The minimum absolute atomic E-state index is 0.0232. The van der Waals surface area contributed by atoms with Crippen molar-refractivity contribution in [2.45, 2.75) is 18.4 Å². The molecule has 1 aliphatic carbocycles. The number of nitro groups is 2. The molecule has 4 rings (SSSR count). The van der Waals surface area contributed by atoms with Crippen LogP contribution in [-0.4, -0.2) is 9.85 Å². The van der Waals surface area contributed by atoms with Gasteiger partial charge in [-0.3, -0.25) is 20.2 Å². The van der Waals surface area contributed by atoms with Gasteiger partial charge in [-0.1, -0.05) is 35.4 Å². The Hall–Kier alpha value is -2.64. The lowest BCUT2D eigenvalue weighted by molar-refractivity contribution is -0.385. The third-order valence-corrected chi connectivity index (χ3v) is 5.78. The summed E-state index contributed by atoms with van der Waals surface area (Å²) in [6.07, 6.45) is 4.74. The molecule has 2 aromatic rings. The SMILES string of the molecule is O=[N+]([O-])c1cc(Cl)c2c(c1)[C@@H]1C=CC[C@@H]1[C@H](c1cc([N+](=O)[O-])ccc1Cl)N2. The van der Waals surface area contributed by atoms with Crippen molar-refractivity contribution in [2.24, 2.45) is 5.92 Å². The molecule has 0 fully saturated rings. The molecule has 1 N–H and O–H groups in total. The highest BCUT2D eigenvalue weighted by Crippen LogP contribution is 2.53. The van der Waals surface area contributed by atoms with E-state index >= 15 is 0 Å². The van der Waals surface area contributed by atoms with Crippen LogP contribution in [0.2, 0.25) is 10.0 Å². The van der Waals surface area contributed by atoms with Gasteiger partial charge in [0.2, 0.25) is 0 Å². The zero-order valence-electron chi connectivity index (χ0n) is 13.8. The highest BCUT2D eigenvalue weighted by molar-refractivity contribution is 6.34. The number of nitrogens with zero attached hydrogens (tertiary/aromatic N) is 2. The van der Waals surface area contributed by atoms with Crippen LogP contribution < -0.4 is 5.32 Å². The van der Waals surface area contributed by atoms with Crippen molar-refractivity contribution < 1.29 is 9.85 Å². The average Bonchev–Trinajstić information content (AvgIpc) is 3.11. The third kappa shape index (κ3) is 2.93. The molecule has 3 atom stereocenters. The van der Waals surface area contributed by atoms with Crippen LogP contribution in [0.15, 0.2) is 42.5 Å². The lowest BCUT2D eigenvalue weighted by Crippen LogP contribution is -2.29. The third-order valence-electron chi connectivity index (χ3n) is 5.14. The Morgan fingerprint density at radius 2 is 1.67 bits per heavy atom. The Balaban J connectivity index is 1.85. The normalized spacial score (nSPS) is 22.7. The fourth-order valence-corrected chi connectivity index (χ4v) is 4.45. The van der Waals surface area contributed by atoms with Gasteiger partial charge in [-0.2, -0.15) is 0 Å². The van der Waals surface area contributed by atoms with E-state index in [0.29, 0.717) is 16.3 Å². The van der Waals surface area contributed by atoms with Crippen LogP contribution in [0.3, 0.4) is 0 Å². The number of hydrogen-bond donors (Lipinski definition) is 1. The van der Waals surface area contributed by atoms with E-state index in [1.807, 2.05) is 12.2 Å². The maximum atomic E-state index is 11.2. The van der Waals surface area contributed by atoms with Crippen molar-refractivity contribution in [3.63, 3.8) is 0 Å². The number of benzene rings is 2. The molecule has 1 aliphatic heterocycles. The van der Waals surface area contributed by atoms with Gasteiger partial charge in [0.25, 0.3) is 11.4 Å². The van der Waals surface area contributed by atoms with Crippen LogP contribution in [0, 0.1) is 26.1 Å². The summed E-state index contributed by atoms with van der Waals surface area (Å²) in [6, 6.07) is 6.89. The summed E-state index contributed by atoms with van der Waals surface area (Å²) in [5.41, 5.74) is 1.86. The first-order valence-corrected chi connectivity index (χ1v) is 8.97. The summed E-state index contributed by atoms with van der Waals surface area (Å²) in [4.78, 5) is 21.4. The predicted octanol–water partition coefficient (Wildman–Crippen LogP) is 5.64. The molecule has 0 bridgehead atoms. The summed E-state index contributed by atoms with van der Waals surface area (Å²) >= 11 is 12.7. The molecule has 0 radical (unpaired) electrons. The molecular weight excluding hydrogens is 393 g/mol. The van der Waals surface area contributed by atoms with Crippen molar-refractivity contribution >= 4 is 40.3 Å². The summed E-state index contributed by atoms with van der Waals surface area (Å²) in [5.74, 6) is -0.0611. The molecule has 0 spiro atoms. The molecule has 9 heteroatoms. The Morgan fingerprint density at radius 1 is 0.963 bits per heavy atom. The zero-order chi connectivity index (χ0) is 19.3. The number of hydrogen-bond acceptors (Lipinski definition) is 5. The summed E-state index contributed by atoms with van der Waals surface area (Å²) in [5, 5.41) is 26.3. The van der Waals surface area contributed by atoms with Gasteiger partial charge in [-0.05, 0) is 24.0 Å². The first-order valence-electron chi connectivity index (χ1n) is 8.21. The molecule has 138 valence electrons. The molecule has 0 saturated carbocycles. The van der Waals surface area contributed by atoms with E-state index in [-0.39, 0.29) is 34.3 Å². The molecule has 27 heavy (non-hydrogen) atoms. The van der Waals surface area contributed by atoms with Gasteiger partial charge in [0.15, 0.2) is 0 Å². The highest BCUT2D eigenvalue weighted by atomic mass is 35.5. The second-order valence-electron chi connectivity index (χ2n) is 6.59. The second-order valence-corrected chi connectivity index (χ2v) is 7.40. The van der Waals surface area contributed by atoms with E-state index in [4.69, 9.17) is 23.2 Å². The van der Waals surface area contributed by atoms with E-state index < -0.39 is 9.85 Å². The topological polar surface area (TPSA) is 98.3 Å². The molecule has 7 nitrogen and oxygen atoms in total. The van der Waals surface area contributed by atoms with Gasteiger partial charge in [0.05, 0.1) is 26.6 Å². The Morgan fingerprint density at radius 3 is 2.37 bits per heavy atom. The number of anilines is 1. The first-order chi connectivity index (χ1) is 12.9. The van der Waals surface area contributed by atoms with Crippen LogP contribution in [0.5, 0.6) is 0 Å². The Kier molecular flexibility index (Phi) is 4.28. The Labute approximate surface area is 163 Å². The van der Waals surface area contributed by atoms with Gasteiger partial charge in [-0.25, -0.2) is 0 Å². The van der Waals surface area contributed by atoms with E-state index in [1.54, 1.807) is 0 Å². The average molecular weight is 406 g/mol. The van der Waals surface area contributed by atoms with Gasteiger partial charge < -0.3 is 5.32 Å². The van der Waals surface area contributed by atoms with Crippen molar-refractivity contribution in [3.8, 4) is 0 Å². The standard InChI is InChI=1S/C18H13Cl2N3O4/c19-15-5-4-9(22(24)25)6-14(15)17-12-3-1-2-11(12)13-7-10(23(26)27)8-16(20)18(13)21-17/h1-2,4-8,11-12,17,21H,3H2/t11-,12+,17-/m1/s1. The summed E-state index contributed by atoms with van der Waals surface area (Å²) in [6.45, 7) is 0. The fraction of sp³-hybridized carbons (Fsp3) is 0.222. The molecule has 0 amide bonds. The molecule has 2 aliphatic rings. The summed E-state index contributed by atoms with van der Waals surface area (Å²) in [7, 11) is 0. The molecular formula is C18H13Cl2N3O4. The van der Waals surface area contributed by atoms with E-state index in [9.17, 15) is 20.2 Å². The van der Waals surface area contributed by atoms with Crippen molar-refractivity contribution in [2.75, 3.05) is 5.32 Å². The van der Waals surface area contributed by atoms with Crippen molar-refractivity contribution in [1.29, 1.82) is 0 Å².